The molecule has 2 aliphatic heterocycles. The highest BCUT2D eigenvalue weighted by molar-refractivity contribution is 5.92. The lowest BCUT2D eigenvalue weighted by molar-refractivity contribution is -0.152. The Morgan fingerprint density at radius 3 is 2.59 bits per heavy atom. The van der Waals surface area contributed by atoms with Crippen LogP contribution < -0.4 is 10.1 Å². The van der Waals surface area contributed by atoms with Gasteiger partial charge >= 0.3 is 12.1 Å². The third-order valence-corrected chi connectivity index (χ3v) is 7.49. The van der Waals surface area contributed by atoms with E-state index in [1.807, 2.05) is 51.1 Å². The van der Waals surface area contributed by atoms with Crippen LogP contribution >= 0.6 is 0 Å². The number of nitrogens with zero attached hydrogens (tertiary/aromatic N) is 1. The first-order chi connectivity index (χ1) is 18.5. The van der Waals surface area contributed by atoms with Gasteiger partial charge in [0.15, 0.2) is 0 Å². The number of allylic oxidation sites excluding steroid dienone is 1. The van der Waals surface area contributed by atoms with Gasteiger partial charge in [-0.2, -0.15) is 0 Å². The number of methoxy groups -OCH3 is 2. The molecule has 0 radical (unpaired) electrons. The van der Waals surface area contributed by atoms with E-state index < -0.39 is 41.1 Å². The van der Waals surface area contributed by atoms with Crippen LogP contribution in [0.25, 0.3) is 16.8 Å². The van der Waals surface area contributed by atoms with E-state index in [1.54, 1.807) is 13.2 Å². The Kier molecular flexibility index (Phi) is 8.20. The molecule has 0 unspecified atom stereocenters. The molecular weight excluding hydrogens is 500 g/mol. The van der Waals surface area contributed by atoms with Crippen molar-refractivity contribution in [3.05, 3.63) is 47.5 Å². The minimum Gasteiger partial charge on any atom is -0.496 e. The standard InChI is InChI=1S/C30H38N2O7/c1-29(2,3)25-26(33)32-18-30(36,17-23(32)27(34)38-5)22-12-11-19-16-24(37-4)20(14-21(19)15-22)10-8-6-7-9-13-39-28(35)31-25/h8,10-12,14-16,23,25,36H,6-7,9,13,17-18H2,1-5H3,(H,31,35)/b10-8+/t23-,25+,30-/m0/s1. The quantitative estimate of drug-likeness (QED) is 0.552. The number of amides is 2. The molecule has 0 saturated carbocycles. The maximum atomic E-state index is 13.9. The second-order valence-corrected chi connectivity index (χ2v) is 11.4. The molecule has 9 heteroatoms. The van der Waals surface area contributed by atoms with Gasteiger partial charge in [0.25, 0.3) is 0 Å². The van der Waals surface area contributed by atoms with Gasteiger partial charge < -0.3 is 29.5 Å². The molecule has 0 aromatic heterocycles. The Morgan fingerprint density at radius 2 is 1.90 bits per heavy atom. The third-order valence-electron chi connectivity index (χ3n) is 7.49. The lowest BCUT2D eigenvalue weighted by Crippen LogP contribution is -2.57. The maximum absolute atomic E-state index is 13.9. The lowest BCUT2D eigenvalue weighted by Gasteiger charge is -2.35. The summed E-state index contributed by atoms with van der Waals surface area (Å²) in [7, 11) is 2.88. The summed E-state index contributed by atoms with van der Waals surface area (Å²) in [6, 6.07) is 7.53. The van der Waals surface area contributed by atoms with Crippen LogP contribution in [0.1, 0.15) is 57.6 Å². The SMILES string of the molecule is COC(=O)[C@@H]1C[C@]2(O)CN1C(=O)[C@H](C(C)(C)C)NC(=O)OCCCC/C=C/c1cc3cc2ccc3cc1OC. The molecule has 9 nitrogen and oxygen atoms in total. The van der Waals surface area contributed by atoms with Gasteiger partial charge in [-0.3, -0.25) is 4.79 Å². The Balaban J connectivity index is 1.81. The van der Waals surface area contributed by atoms with Gasteiger partial charge in [-0.25, -0.2) is 9.59 Å². The fourth-order valence-corrected chi connectivity index (χ4v) is 5.28. The highest BCUT2D eigenvalue weighted by Gasteiger charge is 2.52. The molecule has 4 rings (SSSR count). The normalized spacial score (nSPS) is 25.4. The van der Waals surface area contributed by atoms with Gasteiger partial charge in [-0.15, -0.1) is 0 Å². The molecule has 2 aromatic carbocycles. The average molecular weight is 539 g/mol. The number of nitrogens with one attached hydrogen (secondary N) is 1. The van der Waals surface area contributed by atoms with Crippen molar-refractivity contribution in [3.8, 4) is 5.75 Å². The number of rotatable bonds is 2. The zero-order valence-electron chi connectivity index (χ0n) is 23.3. The highest BCUT2D eigenvalue weighted by atomic mass is 16.5. The van der Waals surface area contributed by atoms with Crippen molar-refractivity contribution in [3.63, 3.8) is 0 Å². The molecule has 1 fully saturated rings. The number of aliphatic hydroxyl groups is 1. The van der Waals surface area contributed by atoms with Crippen LogP contribution in [0.2, 0.25) is 0 Å². The molecule has 39 heavy (non-hydrogen) atoms. The van der Waals surface area contributed by atoms with Crippen LogP contribution in [0.5, 0.6) is 5.75 Å². The van der Waals surface area contributed by atoms with Crippen molar-refractivity contribution in [1.82, 2.24) is 10.2 Å². The molecule has 2 aromatic rings. The number of ether oxygens (including phenoxy) is 3. The number of hydrogen-bond donors (Lipinski definition) is 2. The van der Waals surface area contributed by atoms with E-state index in [9.17, 15) is 19.5 Å². The van der Waals surface area contributed by atoms with E-state index in [4.69, 9.17) is 14.2 Å². The van der Waals surface area contributed by atoms with Crippen molar-refractivity contribution in [1.29, 1.82) is 0 Å². The molecule has 0 spiro atoms. The van der Waals surface area contributed by atoms with Gasteiger partial charge in [0.2, 0.25) is 5.91 Å². The van der Waals surface area contributed by atoms with Gasteiger partial charge in [-0.05, 0) is 59.2 Å². The molecule has 2 heterocycles. The van der Waals surface area contributed by atoms with E-state index in [0.29, 0.717) is 12.0 Å². The fourth-order valence-electron chi connectivity index (χ4n) is 5.28. The minimum atomic E-state index is -1.51. The number of benzene rings is 2. The van der Waals surface area contributed by atoms with E-state index in [0.717, 1.165) is 34.9 Å². The van der Waals surface area contributed by atoms with Crippen LogP contribution in [-0.2, 0) is 24.7 Å². The number of carbonyl (C=O) groups excluding carboxylic acids is 3. The smallest absolute Gasteiger partial charge is 0.407 e. The summed E-state index contributed by atoms with van der Waals surface area (Å²) in [4.78, 5) is 40.7. The van der Waals surface area contributed by atoms with Crippen LogP contribution in [0.4, 0.5) is 4.79 Å². The van der Waals surface area contributed by atoms with E-state index in [1.165, 1.54) is 12.0 Å². The summed E-state index contributed by atoms with van der Waals surface area (Å²) in [5.41, 5.74) is -0.729. The molecule has 5 bridgehead atoms. The Labute approximate surface area is 229 Å². The number of esters is 1. The summed E-state index contributed by atoms with van der Waals surface area (Å²) >= 11 is 0. The van der Waals surface area contributed by atoms with E-state index in [2.05, 4.69) is 11.4 Å². The molecule has 1 saturated heterocycles. The Hall–Kier alpha value is -3.59. The van der Waals surface area contributed by atoms with E-state index >= 15 is 0 Å². The molecule has 210 valence electrons. The number of hydrogen-bond acceptors (Lipinski definition) is 7. The molecule has 2 N–H and O–H groups in total. The summed E-state index contributed by atoms with van der Waals surface area (Å²) in [6.07, 6.45) is 5.57. The maximum Gasteiger partial charge on any atom is 0.407 e. The number of fused-ring (bicyclic) bond motifs is 5. The van der Waals surface area contributed by atoms with E-state index in [-0.39, 0.29) is 19.6 Å². The number of alkyl carbamates (subject to hydrolysis) is 1. The highest BCUT2D eigenvalue weighted by Crippen LogP contribution is 2.39. The predicted molar refractivity (Wildman–Crippen MR) is 147 cm³/mol. The van der Waals surface area contributed by atoms with Crippen molar-refractivity contribution in [2.45, 2.75) is 64.1 Å². The first-order valence-electron chi connectivity index (χ1n) is 13.3. The molecule has 2 amide bonds. The third kappa shape index (κ3) is 6.03. The Bertz CT molecular complexity index is 1280. The Morgan fingerprint density at radius 1 is 1.13 bits per heavy atom. The largest absolute Gasteiger partial charge is 0.496 e. The second-order valence-electron chi connectivity index (χ2n) is 11.4. The van der Waals surface area contributed by atoms with Crippen molar-refractivity contribution < 1.29 is 33.7 Å². The van der Waals surface area contributed by atoms with Gasteiger partial charge in [0.05, 0.1) is 27.4 Å². The summed E-state index contributed by atoms with van der Waals surface area (Å²) < 4.78 is 16.0. The topological polar surface area (TPSA) is 114 Å². The summed E-state index contributed by atoms with van der Waals surface area (Å²) in [5.74, 6) is -0.386. The monoisotopic (exact) mass is 538 g/mol. The van der Waals surface area contributed by atoms with Gasteiger partial charge in [0, 0.05) is 12.0 Å². The van der Waals surface area contributed by atoms with Crippen LogP contribution in [0, 0.1) is 5.41 Å². The lowest BCUT2D eigenvalue weighted by atomic mass is 9.85. The zero-order chi connectivity index (χ0) is 28.4. The molecule has 2 aliphatic rings. The van der Waals surface area contributed by atoms with Crippen LogP contribution in [-0.4, -0.2) is 67.4 Å². The molecule has 0 aliphatic carbocycles. The summed E-state index contributed by atoms with van der Waals surface area (Å²) in [5, 5.41) is 16.4. The summed E-state index contributed by atoms with van der Waals surface area (Å²) in [6.45, 7) is 5.54. The minimum absolute atomic E-state index is 0.0405. The van der Waals surface area contributed by atoms with Crippen molar-refractivity contribution in [2.24, 2.45) is 5.41 Å². The number of carbonyl (C=O) groups is 3. The van der Waals surface area contributed by atoms with Gasteiger partial charge in [-0.1, -0.05) is 45.1 Å². The van der Waals surface area contributed by atoms with Gasteiger partial charge in [0.1, 0.15) is 23.4 Å². The van der Waals surface area contributed by atoms with Crippen LogP contribution in [0.3, 0.4) is 0 Å². The molecular formula is C30H38N2O7. The second kappa shape index (κ2) is 11.3. The zero-order valence-corrected chi connectivity index (χ0v) is 23.3. The number of cyclic esters (lactones) is 1. The average Bonchev–Trinajstić information content (AvgIpc) is 3.27. The first kappa shape index (κ1) is 28.4. The predicted octanol–water partition coefficient (Wildman–Crippen LogP) is 4.15. The fraction of sp³-hybridized carbons (Fsp3) is 0.500. The molecule has 3 atom stereocenters. The van der Waals surface area contributed by atoms with Crippen molar-refractivity contribution >= 4 is 34.8 Å². The van der Waals surface area contributed by atoms with Crippen LogP contribution in [0.15, 0.2) is 36.4 Å². The van der Waals surface area contributed by atoms with Crippen molar-refractivity contribution in [2.75, 3.05) is 27.4 Å². The first-order valence-corrected chi connectivity index (χ1v) is 13.3.